The van der Waals surface area contributed by atoms with Gasteiger partial charge in [0.1, 0.15) is 5.78 Å². The summed E-state index contributed by atoms with van der Waals surface area (Å²) < 4.78 is 0. The highest BCUT2D eigenvalue weighted by molar-refractivity contribution is 6.00. The van der Waals surface area contributed by atoms with E-state index in [-0.39, 0.29) is 5.78 Å². The van der Waals surface area contributed by atoms with Crippen LogP contribution < -0.4 is 5.73 Å². The lowest BCUT2D eigenvalue weighted by atomic mass is 10.0. The molecule has 52 valence electrons. The lowest BCUT2D eigenvalue weighted by molar-refractivity contribution is -0.131. The molecule has 0 radical (unpaired) electrons. The van der Waals surface area contributed by atoms with Gasteiger partial charge in [0.05, 0.1) is 5.92 Å². The number of ketones is 1. The van der Waals surface area contributed by atoms with Crippen LogP contribution in [0.25, 0.3) is 0 Å². The molecule has 9 heavy (non-hydrogen) atoms. The summed E-state index contributed by atoms with van der Waals surface area (Å²) in [5.74, 6) is -1.25. The molecule has 0 rings (SSSR count). The lowest BCUT2D eigenvalue weighted by Gasteiger charge is -2.01. The molecule has 0 aliphatic rings. The second kappa shape index (κ2) is 3.22. The molecule has 0 aliphatic heterocycles. The fraction of sp³-hybridized carbons (Fsp3) is 0.667. The number of amides is 1. The van der Waals surface area contributed by atoms with Crippen LogP contribution in [0.2, 0.25) is 0 Å². The third-order valence-electron chi connectivity index (χ3n) is 1.26. The van der Waals surface area contributed by atoms with Gasteiger partial charge in [-0.1, -0.05) is 6.92 Å². The maximum atomic E-state index is 10.7. The number of hydrogen-bond acceptors (Lipinski definition) is 2. The Kier molecular flexibility index (Phi) is 2.91. The molecular formula is C6H11NO2. The SMILES string of the molecule is CCC(=O)C(C)C(N)=O. The number of carbonyl (C=O) groups is 2. The van der Waals surface area contributed by atoms with Crippen molar-refractivity contribution in [3.05, 3.63) is 0 Å². The molecule has 0 spiro atoms. The van der Waals surface area contributed by atoms with Crippen molar-refractivity contribution in [2.45, 2.75) is 20.3 Å². The van der Waals surface area contributed by atoms with Gasteiger partial charge in [0, 0.05) is 6.42 Å². The first kappa shape index (κ1) is 8.14. The van der Waals surface area contributed by atoms with E-state index in [1.54, 1.807) is 6.92 Å². The Morgan fingerprint density at radius 1 is 1.56 bits per heavy atom. The topological polar surface area (TPSA) is 60.2 Å². The molecule has 3 nitrogen and oxygen atoms in total. The first-order valence-corrected chi connectivity index (χ1v) is 2.91. The number of rotatable bonds is 3. The largest absolute Gasteiger partial charge is 0.369 e. The van der Waals surface area contributed by atoms with Gasteiger partial charge in [-0.25, -0.2) is 0 Å². The van der Waals surface area contributed by atoms with E-state index in [4.69, 9.17) is 5.73 Å². The Bertz CT molecular complexity index is 131. The van der Waals surface area contributed by atoms with Gasteiger partial charge in [-0.3, -0.25) is 9.59 Å². The van der Waals surface area contributed by atoms with E-state index in [1.165, 1.54) is 6.92 Å². The molecule has 1 atom stereocenters. The summed E-state index contributed by atoms with van der Waals surface area (Å²) in [7, 11) is 0. The van der Waals surface area contributed by atoms with Gasteiger partial charge in [-0.05, 0) is 6.92 Å². The van der Waals surface area contributed by atoms with Crippen LogP contribution in [0.5, 0.6) is 0 Å². The summed E-state index contributed by atoms with van der Waals surface area (Å²) in [6.07, 6.45) is 0.379. The number of nitrogens with two attached hydrogens (primary N) is 1. The van der Waals surface area contributed by atoms with Gasteiger partial charge in [0.25, 0.3) is 0 Å². The summed E-state index contributed by atoms with van der Waals surface area (Å²) in [5.41, 5.74) is 4.85. The fourth-order valence-corrected chi connectivity index (χ4v) is 0.465. The molecule has 1 unspecified atom stereocenters. The van der Waals surface area contributed by atoms with Crippen molar-refractivity contribution < 1.29 is 9.59 Å². The Morgan fingerprint density at radius 2 is 2.00 bits per heavy atom. The van der Waals surface area contributed by atoms with E-state index < -0.39 is 11.8 Å². The summed E-state index contributed by atoms with van der Waals surface area (Å²) >= 11 is 0. The molecule has 2 N–H and O–H groups in total. The van der Waals surface area contributed by atoms with Gasteiger partial charge in [0.15, 0.2) is 0 Å². The summed E-state index contributed by atoms with van der Waals surface area (Å²) in [6, 6.07) is 0. The van der Waals surface area contributed by atoms with Gasteiger partial charge >= 0.3 is 0 Å². The van der Waals surface area contributed by atoms with Gasteiger partial charge < -0.3 is 5.73 Å². The summed E-state index contributed by atoms with van der Waals surface area (Å²) in [6.45, 7) is 3.23. The molecule has 0 bridgehead atoms. The predicted molar refractivity (Wildman–Crippen MR) is 33.7 cm³/mol. The maximum absolute atomic E-state index is 10.7. The monoisotopic (exact) mass is 129 g/mol. The average molecular weight is 129 g/mol. The number of carbonyl (C=O) groups excluding carboxylic acids is 2. The minimum Gasteiger partial charge on any atom is -0.369 e. The minimum absolute atomic E-state index is 0.0949. The van der Waals surface area contributed by atoms with Crippen LogP contribution in [-0.4, -0.2) is 11.7 Å². The van der Waals surface area contributed by atoms with E-state index >= 15 is 0 Å². The van der Waals surface area contributed by atoms with Crippen molar-refractivity contribution in [1.29, 1.82) is 0 Å². The fourth-order valence-electron chi connectivity index (χ4n) is 0.465. The van der Waals surface area contributed by atoms with E-state index in [0.717, 1.165) is 0 Å². The average Bonchev–Trinajstić information content (AvgIpc) is 1.84. The van der Waals surface area contributed by atoms with Crippen LogP contribution in [0.15, 0.2) is 0 Å². The second-order valence-corrected chi connectivity index (χ2v) is 1.94. The lowest BCUT2D eigenvalue weighted by Crippen LogP contribution is -2.27. The highest BCUT2D eigenvalue weighted by Gasteiger charge is 2.15. The Hall–Kier alpha value is -0.860. The Balaban J connectivity index is 3.88. The van der Waals surface area contributed by atoms with Crippen molar-refractivity contribution in [1.82, 2.24) is 0 Å². The van der Waals surface area contributed by atoms with Crippen molar-refractivity contribution in [2.75, 3.05) is 0 Å². The standard InChI is InChI=1S/C6H11NO2/c1-3-5(8)4(2)6(7)9/h4H,3H2,1-2H3,(H2,7,9). The Labute approximate surface area is 54.2 Å². The van der Waals surface area contributed by atoms with Gasteiger partial charge in [-0.15, -0.1) is 0 Å². The molecule has 0 aromatic carbocycles. The molecule has 0 saturated heterocycles. The third-order valence-corrected chi connectivity index (χ3v) is 1.26. The van der Waals surface area contributed by atoms with Crippen LogP contribution in [0.4, 0.5) is 0 Å². The highest BCUT2D eigenvalue weighted by Crippen LogP contribution is 1.97. The zero-order chi connectivity index (χ0) is 7.44. The third kappa shape index (κ3) is 2.26. The van der Waals surface area contributed by atoms with Crippen molar-refractivity contribution in [2.24, 2.45) is 11.7 Å². The zero-order valence-electron chi connectivity index (χ0n) is 5.68. The van der Waals surface area contributed by atoms with Crippen LogP contribution in [0, 0.1) is 5.92 Å². The summed E-state index contributed by atoms with van der Waals surface area (Å²) in [5, 5.41) is 0. The highest BCUT2D eigenvalue weighted by atomic mass is 16.2. The van der Waals surface area contributed by atoms with Crippen LogP contribution in [0.3, 0.4) is 0 Å². The minimum atomic E-state index is -0.616. The van der Waals surface area contributed by atoms with Crippen molar-refractivity contribution in [3.8, 4) is 0 Å². The zero-order valence-corrected chi connectivity index (χ0v) is 5.68. The molecule has 0 heterocycles. The molecule has 1 amide bonds. The van der Waals surface area contributed by atoms with Crippen LogP contribution in [-0.2, 0) is 9.59 Å². The van der Waals surface area contributed by atoms with Gasteiger partial charge in [0.2, 0.25) is 5.91 Å². The van der Waals surface area contributed by atoms with E-state index in [1.807, 2.05) is 0 Å². The van der Waals surface area contributed by atoms with Crippen LogP contribution >= 0.6 is 0 Å². The molecule has 3 heteroatoms. The number of Topliss-reactive ketones (excluding diaryl/α,β-unsaturated/α-hetero) is 1. The molecule has 0 aromatic rings. The number of hydrogen-bond donors (Lipinski definition) is 1. The quantitative estimate of drug-likeness (QED) is 0.549. The smallest absolute Gasteiger partial charge is 0.227 e. The maximum Gasteiger partial charge on any atom is 0.227 e. The predicted octanol–water partition coefficient (Wildman–Crippen LogP) is 0.0869. The second-order valence-electron chi connectivity index (χ2n) is 1.94. The van der Waals surface area contributed by atoms with E-state index in [0.29, 0.717) is 6.42 Å². The first-order chi connectivity index (χ1) is 4.09. The molecular weight excluding hydrogens is 118 g/mol. The molecule has 0 fully saturated rings. The van der Waals surface area contributed by atoms with Crippen molar-refractivity contribution >= 4 is 11.7 Å². The Morgan fingerprint density at radius 3 is 2.11 bits per heavy atom. The van der Waals surface area contributed by atoms with Crippen LogP contribution in [0.1, 0.15) is 20.3 Å². The first-order valence-electron chi connectivity index (χ1n) is 2.91. The normalized spacial score (nSPS) is 12.7. The molecule has 0 saturated carbocycles. The number of primary amides is 1. The molecule has 0 aliphatic carbocycles. The van der Waals surface area contributed by atoms with E-state index in [9.17, 15) is 9.59 Å². The van der Waals surface area contributed by atoms with Crippen molar-refractivity contribution in [3.63, 3.8) is 0 Å². The van der Waals surface area contributed by atoms with E-state index in [2.05, 4.69) is 0 Å². The van der Waals surface area contributed by atoms with Gasteiger partial charge in [-0.2, -0.15) is 0 Å². The molecule has 0 aromatic heterocycles. The summed E-state index contributed by atoms with van der Waals surface area (Å²) in [4.78, 5) is 21.0.